The molecule has 0 unspecified atom stereocenters. The molecule has 0 spiro atoms. The van der Waals surface area contributed by atoms with Gasteiger partial charge in [-0.1, -0.05) is 94.6 Å². The summed E-state index contributed by atoms with van der Waals surface area (Å²) in [6, 6.07) is 10.4. The fourth-order valence-corrected chi connectivity index (χ4v) is 1.83. The highest BCUT2D eigenvalue weighted by Gasteiger charge is 1.96. The van der Waals surface area contributed by atoms with E-state index >= 15 is 0 Å². The zero-order valence-electron chi connectivity index (χ0n) is 14.1. The van der Waals surface area contributed by atoms with Gasteiger partial charge in [-0.3, -0.25) is 0 Å². The van der Waals surface area contributed by atoms with Gasteiger partial charge in [-0.15, -0.1) is 0 Å². The summed E-state index contributed by atoms with van der Waals surface area (Å²) in [4.78, 5) is 0. The highest BCUT2D eigenvalue weighted by atomic mass is 14.0. The molecule has 0 aliphatic heterocycles. The van der Waals surface area contributed by atoms with Crippen LogP contribution in [0.4, 0.5) is 0 Å². The summed E-state index contributed by atoms with van der Waals surface area (Å²) in [5.41, 5.74) is 4.82. The molecule has 0 saturated heterocycles. The van der Waals surface area contributed by atoms with Crippen molar-refractivity contribution in [3.8, 4) is 0 Å². The molecule has 0 aliphatic rings. The molecule has 0 amide bonds. The molecule has 0 N–H and O–H groups in total. The first-order valence-electron chi connectivity index (χ1n) is 7.58. The first-order chi connectivity index (χ1) is 10.2. The third-order valence-electron chi connectivity index (χ3n) is 2.95. The van der Waals surface area contributed by atoms with Crippen LogP contribution in [-0.4, -0.2) is 0 Å². The van der Waals surface area contributed by atoms with E-state index in [0.29, 0.717) is 0 Å². The highest BCUT2D eigenvalue weighted by Crippen LogP contribution is 2.17. The van der Waals surface area contributed by atoms with Gasteiger partial charge in [0.1, 0.15) is 0 Å². The van der Waals surface area contributed by atoms with Gasteiger partial charge >= 0.3 is 0 Å². The van der Waals surface area contributed by atoms with Crippen LogP contribution < -0.4 is 0 Å². The number of benzene rings is 1. The van der Waals surface area contributed by atoms with Crippen LogP contribution >= 0.6 is 0 Å². The van der Waals surface area contributed by atoms with Crippen LogP contribution in [0.1, 0.15) is 47.6 Å². The minimum Gasteiger partial charge on any atom is -0.0984 e. The first kappa shape index (κ1) is 22.2. The van der Waals surface area contributed by atoms with E-state index in [-0.39, 0.29) is 7.43 Å². The van der Waals surface area contributed by atoms with Crippen molar-refractivity contribution in [1.29, 1.82) is 0 Å². The predicted octanol–water partition coefficient (Wildman–Crippen LogP) is 7.39. The average molecular weight is 296 g/mol. The van der Waals surface area contributed by atoms with Crippen LogP contribution in [0.5, 0.6) is 0 Å². The lowest BCUT2D eigenvalue weighted by atomic mass is 10.0. The van der Waals surface area contributed by atoms with Gasteiger partial charge in [-0.05, 0) is 43.1 Å². The van der Waals surface area contributed by atoms with Gasteiger partial charge in [0.2, 0.25) is 0 Å². The summed E-state index contributed by atoms with van der Waals surface area (Å²) < 4.78 is 0. The van der Waals surface area contributed by atoms with Crippen molar-refractivity contribution in [3.05, 3.63) is 90.1 Å². The zero-order chi connectivity index (χ0) is 16.1. The van der Waals surface area contributed by atoms with Crippen molar-refractivity contribution in [2.75, 3.05) is 0 Å². The summed E-state index contributed by atoms with van der Waals surface area (Å²) >= 11 is 0. The van der Waals surface area contributed by atoms with Crippen molar-refractivity contribution in [3.63, 3.8) is 0 Å². The second-order valence-corrected chi connectivity index (χ2v) is 4.29. The number of allylic oxidation sites excluding steroid dienone is 9. The predicted molar refractivity (Wildman–Crippen MR) is 105 cm³/mol. The molecule has 0 bridgehead atoms. The largest absolute Gasteiger partial charge is 0.0984 e. The molecule has 0 heterocycles. The molecule has 22 heavy (non-hydrogen) atoms. The van der Waals surface area contributed by atoms with Gasteiger partial charge in [0, 0.05) is 0 Å². The van der Waals surface area contributed by atoms with Crippen molar-refractivity contribution >= 4 is 5.57 Å². The van der Waals surface area contributed by atoms with E-state index in [9.17, 15) is 0 Å². The minimum absolute atomic E-state index is 0. The van der Waals surface area contributed by atoms with Crippen LogP contribution in [-0.2, 0) is 0 Å². The summed E-state index contributed by atoms with van der Waals surface area (Å²) in [7, 11) is 0. The van der Waals surface area contributed by atoms with E-state index in [1.807, 2.05) is 45.9 Å². The van der Waals surface area contributed by atoms with Gasteiger partial charge < -0.3 is 0 Å². The molecule has 1 aromatic carbocycles. The Balaban J connectivity index is 0. The summed E-state index contributed by atoms with van der Waals surface area (Å²) in [5, 5.41) is 0. The van der Waals surface area contributed by atoms with Gasteiger partial charge in [-0.2, -0.15) is 0 Å². The molecule has 1 rings (SSSR count). The molecule has 0 aliphatic carbocycles. The van der Waals surface area contributed by atoms with E-state index in [1.165, 1.54) is 16.7 Å². The normalized spacial score (nSPS) is 12.3. The maximum absolute atomic E-state index is 3.89. The SMILES string of the molecule is C.C=CC(=C\C=C(/C)c1ccccc1)/C(/C=C\C)=C/C.CC. The van der Waals surface area contributed by atoms with Crippen LogP contribution in [0.25, 0.3) is 5.57 Å². The van der Waals surface area contributed by atoms with E-state index < -0.39 is 0 Å². The molecule has 120 valence electrons. The number of rotatable bonds is 5. The van der Waals surface area contributed by atoms with Crippen LogP contribution in [0, 0.1) is 0 Å². The number of hydrogen-bond acceptors (Lipinski definition) is 0. The minimum atomic E-state index is 0. The second kappa shape index (κ2) is 13.9. The lowest BCUT2D eigenvalue weighted by Gasteiger charge is -2.03. The smallest absolute Gasteiger partial charge is 0.0193 e. The highest BCUT2D eigenvalue weighted by molar-refractivity contribution is 5.66. The second-order valence-electron chi connectivity index (χ2n) is 4.29. The topological polar surface area (TPSA) is 0 Å². The average Bonchev–Trinajstić information content (AvgIpc) is 2.56. The third-order valence-corrected chi connectivity index (χ3v) is 2.95. The number of hydrogen-bond donors (Lipinski definition) is 0. The summed E-state index contributed by atoms with van der Waals surface area (Å²) in [5.74, 6) is 0. The Labute approximate surface area is 138 Å². The molecule has 0 atom stereocenters. The maximum Gasteiger partial charge on any atom is -0.0193 e. The fourth-order valence-electron chi connectivity index (χ4n) is 1.83. The van der Waals surface area contributed by atoms with Crippen LogP contribution in [0.2, 0.25) is 0 Å². The van der Waals surface area contributed by atoms with Crippen LogP contribution in [0.3, 0.4) is 0 Å². The van der Waals surface area contributed by atoms with Gasteiger partial charge in [-0.25, -0.2) is 0 Å². The quantitative estimate of drug-likeness (QED) is 0.497. The van der Waals surface area contributed by atoms with E-state index in [4.69, 9.17) is 0 Å². The molecule has 0 nitrogen and oxygen atoms in total. The Morgan fingerprint density at radius 1 is 0.955 bits per heavy atom. The zero-order valence-corrected chi connectivity index (χ0v) is 14.1. The van der Waals surface area contributed by atoms with Gasteiger partial charge in [0.15, 0.2) is 0 Å². The molecule has 1 aromatic rings. The van der Waals surface area contributed by atoms with Crippen molar-refractivity contribution < 1.29 is 0 Å². The Morgan fingerprint density at radius 3 is 2.00 bits per heavy atom. The van der Waals surface area contributed by atoms with Crippen molar-refractivity contribution in [2.45, 2.75) is 42.0 Å². The Morgan fingerprint density at radius 2 is 1.55 bits per heavy atom. The standard InChI is InChI=1S/C19H22.C2H6.CH4/c1-5-11-17(6-2)18(7-3)15-14-16(4)19-12-9-8-10-13-19;1-2;/h5-15H,3H2,1-2,4H3;1-2H3;1H4/b11-5-,16-14+,17-6+,18-15+;;. The lowest BCUT2D eigenvalue weighted by Crippen LogP contribution is -1.83. The van der Waals surface area contributed by atoms with E-state index in [1.54, 1.807) is 0 Å². The van der Waals surface area contributed by atoms with E-state index in [0.717, 1.165) is 5.57 Å². The first-order valence-corrected chi connectivity index (χ1v) is 7.58. The van der Waals surface area contributed by atoms with Crippen molar-refractivity contribution in [2.24, 2.45) is 0 Å². The van der Waals surface area contributed by atoms with Gasteiger partial charge in [0.25, 0.3) is 0 Å². The Hall–Kier alpha value is -2.08. The Kier molecular flexibility index (Phi) is 14.0. The monoisotopic (exact) mass is 296 g/mol. The summed E-state index contributed by atoms with van der Waals surface area (Å²) in [6.45, 7) is 14.1. The van der Waals surface area contributed by atoms with Gasteiger partial charge in [0.05, 0.1) is 0 Å². The maximum atomic E-state index is 3.89. The molecular formula is C22H32. The van der Waals surface area contributed by atoms with Crippen molar-refractivity contribution in [1.82, 2.24) is 0 Å². The van der Waals surface area contributed by atoms with Crippen LogP contribution in [0.15, 0.2) is 84.5 Å². The third kappa shape index (κ3) is 7.64. The molecule has 0 heteroatoms. The molecular weight excluding hydrogens is 264 g/mol. The molecule has 0 radical (unpaired) electrons. The Bertz CT molecular complexity index is 522. The summed E-state index contributed by atoms with van der Waals surface area (Å²) in [6.07, 6.45) is 12.4. The van der Waals surface area contributed by atoms with E-state index in [2.05, 4.69) is 62.1 Å². The molecule has 0 aromatic heterocycles. The molecule has 0 fully saturated rings. The lowest BCUT2D eigenvalue weighted by molar-refractivity contribution is 1.48. The molecule has 0 saturated carbocycles. The fraction of sp³-hybridized carbons (Fsp3) is 0.273.